The second-order valence-electron chi connectivity index (χ2n) is 31.2. The van der Waals surface area contributed by atoms with Gasteiger partial charge in [0, 0.05) is 82.5 Å². The maximum atomic E-state index is 6.52. The van der Waals surface area contributed by atoms with Gasteiger partial charge in [-0.25, -0.2) is 29.9 Å². The summed E-state index contributed by atoms with van der Waals surface area (Å²) in [5.41, 5.74) is 28.5. The number of benzene rings is 18. The molecule has 0 spiro atoms. The first-order valence-electron chi connectivity index (χ1n) is 41.7. The molecule has 0 bridgehead atoms. The van der Waals surface area contributed by atoms with E-state index < -0.39 is 0 Å². The van der Waals surface area contributed by atoms with Gasteiger partial charge in [-0.05, 0) is 170 Å². The van der Waals surface area contributed by atoms with E-state index in [9.17, 15) is 0 Å². The van der Waals surface area contributed by atoms with Crippen LogP contribution in [0.4, 0.5) is 0 Å². The maximum Gasteiger partial charge on any atom is 0.166 e. The van der Waals surface area contributed by atoms with Crippen LogP contribution in [0.25, 0.3) is 234 Å². The molecule has 124 heavy (non-hydrogen) atoms. The smallest absolute Gasteiger partial charge is 0.166 e. The molecule has 18 aromatic carbocycles. The van der Waals surface area contributed by atoms with Gasteiger partial charge in [-0.1, -0.05) is 328 Å². The third kappa shape index (κ3) is 13.2. The van der Waals surface area contributed by atoms with E-state index >= 15 is 0 Å². The summed E-state index contributed by atoms with van der Waals surface area (Å²) in [5, 5.41) is 8.98. The van der Waals surface area contributed by atoms with Gasteiger partial charge in [0.05, 0.1) is 33.4 Å². The molecule has 0 atom stereocenters. The Balaban J connectivity index is 0.000000143. The first-order valence-corrected chi connectivity index (χ1v) is 41.7. The molecule has 10 heteroatoms. The largest absolute Gasteiger partial charge is 0.456 e. The minimum atomic E-state index is 0.577. The van der Waals surface area contributed by atoms with Crippen LogP contribution in [-0.4, -0.2) is 39.0 Å². The topological polar surface area (TPSA) is 113 Å². The molecule has 6 aromatic heterocycles. The zero-order valence-electron chi connectivity index (χ0n) is 67.0. The zero-order chi connectivity index (χ0) is 82.0. The maximum absolute atomic E-state index is 6.52. The van der Waals surface area contributed by atoms with Gasteiger partial charge in [0.2, 0.25) is 0 Å². The van der Waals surface area contributed by atoms with Gasteiger partial charge >= 0.3 is 0 Å². The molecular formula is C114H72N8O2. The van der Waals surface area contributed by atoms with Crippen molar-refractivity contribution in [2.24, 2.45) is 0 Å². The van der Waals surface area contributed by atoms with Crippen molar-refractivity contribution < 1.29 is 8.83 Å². The van der Waals surface area contributed by atoms with Gasteiger partial charge in [-0.2, -0.15) is 0 Å². The Hall–Kier alpha value is -16.8. The normalized spacial score (nSPS) is 11.5. The summed E-state index contributed by atoms with van der Waals surface area (Å²) in [6.45, 7) is 0. The summed E-state index contributed by atoms with van der Waals surface area (Å²) in [6, 6.07) is 153. The van der Waals surface area contributed by atoms with E-state index in [-0.39, 0.29) is 0 Å². The van der Waals surface area contributed by atoms with Crippen molar-refractivity contribution in [1.29, 1.82) is 0 Å². The third-order valence-electron chi connectivity index (χ3n) is 23.7. The van der Waals surface area contributed by atoms with Crippen LogP contribution in [0.2, 0.25) is 0 Å². The first-order chi connectivity index (χ1) is 61.4. The van der Waals surface area contributed by atoms with E-state index in [0.29, 0.717) is 34.9 Å². The lowest BCUT2D eigenvalue weighted by Crippen LogP contribution is -2.04. The number of hydrogen-bond acceptors (Lipinski definition) is 8. The zero-order valence-corrected chi connectivity index (χ0v) is 67.0. The number of aromatic nitrogens is 8. The third-order valence-corrected chi connectivity index (χ3v) is 23.7. The van der Waals surface area contributed by atoms with Crippen molar-refractivity contribution in [3.63, 3.8) is 0 Å². The second kappa shape index (κ2) is 30.8. The Labute approximate surface area is 713 Å². The van der Waals surface area contributed by atoms with Crippen molar-refractivity contribution in [2.75, 3.05) is 0 Å². The summed E-state index contributed by atoms with van der Waals surface area (Å²) in [7, 11) is 0. The number of fused-ring (bicyclic) bond motifs is 13. The Kier molecular flexibility index (Phi) is 18.0. The number of nitrogens with zero attached hydrogens (tertiary/aromatic N) is 8. The highest BCUT2D eigenvalue weighted by molar-refractivity contribution is 6.27. The minimum Gasteiger partial charge on any atom is -0.456 e. The van der Waals surface area contributed by atoms with E-state index in [1.807, 2.05) is 97.1 Å². The monoisotopic (exact) mass is 1580 g/mol. The highest BCUT2D eigenvalue weighted by Crippen LogP contribution is 2.47. The van der Waals surface area contributed by atoms with Crippen LogP contribution in [0.5, 0.6) is 0 Å². The average Bonchev–Trinajstić information content (AvgIpc) is 1.56. The molecule has 0 radical (unpaired) electrons. The molecule has 0 aliphatic rings. The highest BCUT2D eigenvalue weighted by atomic mass is 16.3. The highest BCUT2D eigenvalue weighted by Gasteiger charge is 2.27. The molecule has 0 fully saturated rings. The van der Waals surface area contributed by atoms with Crippen molar-refractivity contribution in [2.45, 2.75) is 0 Å². The predicted molar refractivity (Wildman–Crippen MR) is 508 cm³/mol. The number of para-hydroxylation sites is 4. The molecule has 6 heterocycles. The molecule has 580 valence electrons. The van der Waals surface area contributed by atoms with E-state index in [1.54, 1.807) is 0 Å². The molecule has 10 nitrogen and oxygen atoms in total. The fraction of sp³-hybridized carbons (Fsp3) is 0. The van der Waals surface area contributed by atoms with Gasteiger partial charge in [0.25, 0.3) is 0 Å². The summed E-state index contributed by atoms with van der Waals surface area (Å²) in [6.07, 6.45) is 0. The molecule has 0 amide bonds. The van der Waals surface area contributed by atoms with Crippen LogP contribution < -0.4 is 0 Å². The van der Waals surface area contributed by atoms with E-state index in [0.717, 1.165) is 199 Å². The molecule has 24 rings (SSSR count). The fourth-order valence-electron chi connectivity index (χ4n) is 17.8. The minimum absolute atomic E-state index is 0.577. The quantitative estimate of drug-likeness (QED) is 0.106. The second-order valence-corrected chi connectivity index (χ2v) is 31.2. The van der Waals surface area contributed by atoms with E-state index in [4.69, 9.17) is 38.7 Å². The van der Waals surface area contributed by atoms with E-state index in [2.05, 4.69) is 349 Å². The molecule has 0 unspecified atom stereocenters. The van der Waals surface area contributed by atoms with Crippen molar-refractivity contribution in [1.82, 2.24) is 39.0 Å². The molecule has 0 saturated heterocycles. The standard InChI is InChI=1S/2C57H36N4O/c1-5-17-37(18-6-1)42-31-43(38-19-7-2-8-20-38)33-44(32-42)41-29-30-51(49(34-41)57-59-55(39-21-9-3-10-22-39)58-56(60-57)40-23-11-4-12-24-40)61-50-27-15-13-25-45(50)47-35-48-46-26-14-16-28-53(46)62-54(48)36-52(47)61;1-5-17-37(18-6-1)42-33-43(38-19-7-2-8-20-38)35-44(34-42)41-29-30-49(47(36-41)57-59-55(39-21-9-3-10-22-39)58-56(60-57)40-23-11-4-12-24-40)61-48-27-15-13-25-45(48)53-50(61)31-32-52-54(53)46-26-14-16-28-51(46)62-52/h2*1-36H. The van der Waals surface area contributed by atoms with Gasteiger partial charge in [0.15, 0.2) is 34.9 Å². The van der Waals surface area contributed by atoms with Gasteiger partial charge in [-0.3, -0.25) is 0 Å². The Morgan fingerprint density at radius 2 is 0.468 bits per heavy atom. The van der Waals surface area contributed by atoms with Crippen molar-refractivity contribution in [3.8, 4) is 146 Å². The number of rotatable bonds is 14. The Bertz CT molecular complexity index is 7970. The summed E-state index contributed by atoms with van der Waals surface area (Å²) >= 11 is 0. The fourth-order valence-corrected chi connectivity index (χ4v) is 17.8. The van der Waals surface area contributed by atoms with Gasteiger partial charge < -0.3 is 18.0 Å². The molecular weight excluding hydrogens is 1510 g/mol. The lowest BCUT2D eigenvalue weighted by atomic mass is 9.92. The Morgan fingerprint density at radius 1 is 0.153 bits per heavy atom. The van der Waals surface area contributed by atoms with Crippen molar-refractivity contribution >= 4 is 87.5 Å². The van der Waals surface area contributed by atoms with Crippen LogP contribution in [0.1, 0.15) is 0 Å². The summed E-state index contributed by atoms with van der Waals surface area (Å²) in [4.78, 5) is 31.5. The van der Waals surface area contributed by atoms with Gasteiger partial charge in [-0.15, -0.1) is 0 Å². The molecule has 0 N–H and O–H groups in total. The first kappa shape index (κ1) is 72.4. The molecule has 0 aliphatic heterocycles. The van der Waals surface area contributed by atoms with Crippen LogP contribution in [0, 0.1) is 0 Å². The SMILES string of the molecule is c1ccc(-c2cc(-c3ccccc3)cc(-c3ccc(-n4c5ccccc5c5c6c(ccc54)oc4ccccc46)c(-c4nc(-c5ccccc5)nc(-c5ccccc5)n4)c3)c2)cc1.c1ccc(-c2cc(-c3ccccc3)cc(-c3ccc(-n4c5ccccc5c5cc6c(cc54)oc4ccccc46)c(-c4nc(-c5ccccc5)nc(-c5ccccc5)n4)c3)c2)cc1. The van der Waals surface area contributed by atoms with Crippen LogP contribution in [-0.2, 0) is 0 Å². The molecule has 0 saturated carbocycles. The van der Waals surface area contributed by atoms with Crippen LogP contribution in [0.3, 0.4) is 0 Å². The van der Waals surface area contributed by atoms with Crippen molar-refractivity contribution in [3.05, 3.63) is 437 Å². The summed E-state index contributed by atoms with van der Waals surface area (Å²) < 4.78 is 17.7. The predicted octanol–water partition coefficient (Wildman–Crippen LogP) is 29.7. The number of furan rings is 2. The van der Waals surface area contributed by atoms with Crippen LogP contribution in [0.15, 0.2) is 446 Å². The van der Waals surface area contributed by atoms with Gasteiger partial charge in [0.1, 0.15) is 22.3 Å². The lowest BCUT2D eigenvalue weighted by Gasteiger charge is -2.17. The average molecular weight is 1590 g/mol. The number of hydrogen-bond donors (Lipinski definition) is 0. The summed E-state index contributed by atoms with van der Waals surface area (Å²) in [5.74, 6) is 3.59. The molecule has 0 aliphatic carbocycles. The van der Waals surface area contributed by atoms with E-state index in [1.165, 1.54) is 0 Å². The Morgan fingerprint density at radius 3 is 0.887 bits per heavy atom. The molecule has 24 aromatic rings. The lowest BCUT2D eigenvalue weighted by molar-refractivity contribution is 0.669. The van der Waals surface area contributed by atoms with Crippen LogP contribution >= 0.6 is 0 Å².